The van der Waals surface area contributed by atoms with Crippen molar-refractivity contribution in [1.82, 2.24) is 0 Å². The highest BCUT2D eigenvalue weighted by Gasteiger charge is 2.06. The van der Waals surface area contributed by atoms with Gasteiger partial charge in [0, 0.05) is 5.75 Å². The van der Waals surface area contributed by atoms with Crippen LogP contribution in [-0.2, 0) is 4.79 Å². The van der Waals surface area contributed by atoms with Gasteiger partial charge in [-0.15, -0.1) is 18.3 Å². The molecule has 3 heteroatoms. The van der Waals surface area contributed by atoms with E-state index in [1.165, 1.54) is 11.8 Å². The minimum Gasteiger partial charge on any atom is -0.477 e. The highest BCUT2D eigenvalue weighted by molar-refractivity contribution is 8.04. The number of carboxylic acid groups (broad SMARTS) is 1. The molecule has 0 spiro atoms. The number of rotatable bonds is 5. The normalized spacial score (nSPS) is 11.1. The lowest BCUT2D eigenvalue weighted by atomic mass is 10.2. The zero-order valence-electron chi connectivity index (χ0n) is 8.22. The van der Waals surface area contributed by atoms with Crippen molar-refractivity contribution >= 4 is 23.8 Å². The number of hydrogen-bond acceptors (Lipinski definition) is 2. The van der Waals surface area contributed by atoms with E-state index in [0.29, 0.717) is 10.7 Å². The van der Waals surface area contributed by atoms with Crippen molar-refractivity contribution in [3.63, 3.8) is 0 Å². The zero-order chi connectivity index (χ0) is 11.1. The molecule has 0 unspecified atom stereocenters. The van der Waals surface area contributed by atoms with Crippen molar-refractivity contribution in [3.8, 4) is 0 Å². The fourth-order valence-electron chi connectivity index (χ4n) is 1.01. The fourth-order valence-corrected chi connectivity index (χ4v) is 1.65. The van der Waals surface area contributed by atoms with Crippen LogP contribution in [0.2, 0.25) is 0 Å². The summed E-state index contributed by atoms with van der Waals surface area (Å²) in [6.45, 7) is 3.56. The van der Waals surface area contributed by atoms with Crippen LogP contribution in [0.25, 0.3) is 6.08 Å². The molecule has 1 aromatic rings. The molecule has 1 rings (SSSR count). The van der Waals surface area contributed by atoms with E-state index < -0.39 is 5.97 Å². The maximum Gasteiger partial charge on any atom is 0.342 e. The van der Waals surface area contributed by atoms with Gasteiger partial charge in [-0.3, -0.25) is 0 Å². The van der Waals surface area contributed by atoms with E-state index in [4.69, 9.17) is 5.11 Å². The quantitative estimate of drug-likeness (QED) is 0.612. The molecule has 2 nitrogen and oxygen atoms in total. The van der Waals surface area contributed by atoms with E-state index in [2.05, 4.69) is 6.58 Å². The van der Waals surface area contributed by atoms with Gasteiger partial charge in [-0.1, -0.05) is 36.4 Å². The first kappa shape index (κ1) is 11.6. The van der Waals surface area contributed by atoms with E-state index >= 15 is 0 Å². The van der Waals surface area contributed by atoms with Gasteiger partial charge >= 0.3 is 5.97 Å². The second kappa shape index (κ2) is 6.09. The molecule has 0 saturated heterocycles. The highest BCUT2D eigenvalue weighted by atomic mass is 32.2. The first-order valence-electron chi connectivity index (χ1n) is 4.48. The Bertz CT molecular complexity index is 368. The molecule has 0 radical (unpaired) electrons. The second-order valence-electron chi connectivity index (χ2n) is 2.82. The number of carboxylic acids is 1. The molecule has 0 aliphatic heterocycles. The summed E-state index contributed by atoms with van der Waals surface area (Å²) in [4.78, 5) is 11.2. The van der Waals surface area contributed by atoms with E-state index in [9.17, 15) is 4.79 Å². The molecule has 0 heterocycles. The first-order chi connectivity index (χ1) is 7.24. The van der Waals surface area contributed by atoms with E-state index in [1.54, 1.807) is 12.2 Å². The summed E-state index contributed by atoms with van der Waals surface area (Å²) in [5.74, 6) is -0.295. The van der Waals surface area contributed by atoms with Gasteiger partial charge in [-0.05, 0) is 11.6 Å². The van der Waals surface area contributed by atoms with E-state index in [0.717, 1.165) is 5.56 Å². The molecular weight excluding hydrogens is 208 g/mol. The van der Waals surface area contributed by atoms with Gasteiger partial charge in [0.2, 0.25) is 0 Å². The third-order valence-corrected chi connectivity index (χ3v) is 2.67. The summed E-state index contributed by atoms with van der Waals surface area (Å²) in [7, 11) is 0. The largest absolute Gasteiger partial charge is 0.477 e. The van der Waals surface area contributed by atoms with Crippen LogP contribution in [0.1, 0.15) is 5.56 Å². The number of hydrogen-bond donors (Lipinski definition) is 1. The molecule has 0 aromatic heterocycles. The van der Waals surface area contributed by atoms with Crippen molar-refractivity contribution in [2.45, 2.75) is 0 Å². The lowest BCUT2D eigenvalue weighted by Crippen LogP contribution is -1.97. The lowest BCUT2D eigenvalue weighted by Gasteiger charge is -1.99. The molecule has 0 amide bonds. The van der Waals surface area contributed by atoms with Gasteiger partial charge in [0.25, 0.3) is 0 Å². The van der Waals surface area contributed by atoms with Crippen LogP contribution >= 0.6 is 11.8 Å². The van der Waals surface area contributed by atoms with Crippen LogP contribution in [0.15, 0.2) is 47.9 Å². The summed E-state index contributed by atoms with van der Waals surface area (Å²) >= 11 is 1.27. The molecule has 0 bridgehead atoms. The average molecular weight is 220 g/mol. The van der Waals surface area contributed by atoms with Crippen LogP contribution in [0.5, 0.6) is 0 Å². The number of thioether (sulfide) groups is 1. The Morgan fingerprint density at radius 1 is 1.40 bits per heavy atom. The third kappa shape index (κ3) is 4.04. The summed E-state index contributed by atoms with van der Waals surface area (Å²) in [6.07, 6.45) is 3.35. The Hall–Kier alpha value is -1.48. The maximum atomic E-state index is 10.9. The molecule has 15 heavy (non-hydrogen) atoms. The zero-order valence-corrected chi connectivity index (χ0v) is 9.04. The minimum atomic E-state index is -0.897. The third-order valence-electron chi connectivity index (χ3n) is 1.66. The maximum absolute atomic E-state index is 10.9. The summed E-state index contributed by atoms with van der Waals surface area (Å²) in [5.41, 5.74) is 0.895. The van der Waals surface area contributed by atoms with Gasteiger partial charge in [-0.2, -0.15) is 0 Å². The topological polar surface area (TPSA) is 37.3 Å². The van der Waals surface area contributed by atoms with Crippen LogP contribution in [-0.4, -0.2) is 16.8 Å². The smallest absolute Gasteiger partial charge is 0.342 e. The number of benzene rings is 1. The molecule has 0 fully saturated rings. The Balaban J connectivity index is 2.84. The predicted molar refractivity (Wildman–Crippen MR) is 64.7 cm³/mol. The Morgan fingerprint density at radius 2 is 2.07 bits per heavy atom. The van der Waals surface area contributed by atoms with Gasteiger partial charge in [0.05, 0.1) is 4.91 Å². The number of aliphatic carboxylic acids is 1. The molecule has 1 N–H and O–H groups in total. The van der Waals surface area contributed by atoms with Gasteiger partial charge in [-0.25, -0.2) is 4.79 Å². The molecule has 1 aromatic carbocycles. The van der Waals surface area contributed by atoms with Gasteiger partial charge in [0.15, 0.2) is 0 Å². The number of carbonyl (C=O) groups is 1. The monoisotopic (exact) mass is 220 g/mol. The van der Waals surface area contributed by atoms with Crippen molar-refractivity contribution in [2.24, 2.45) is 0 Å². The van der Waals surface area contributed by atoms with Gasteiger partial charge < -0.3 is 5.11 Å². The Labute approximate surface area is 93.3 Å². The summed E-state index contributed by atoms with van der Waals surface area (Å²) in [5, 5.41) is 8.94. The molecule has 0 atom stereocenters. The van der Waals surface area contributed by atoms with E-state index in [1.807, 2.05) is 30.3 Å². The Morgan fingerprint density at radius 3 is 2.60 bits per heavy atom. The SMILES string of the molecule is C=CCS/C(=C/c1ccccc1)C(=O)O. The van der Waals surface area contributed by atoms with Crippen LogP contribution in [0, 0.1) is 0 Å². The van der Waals surface area contributed by atoms with Crippen molar-refractivity contribution in [1.29, 1.82) is 0 Å². The standard InChI is InChI=1S/C12H12O2S/c1-2-8-15-11(12(13)14)9-10-6-4-3-5-7-10/h2-7,9H,1,8H2,(H,13,14)/b11-9+. The molecule has 78 valence electrons. The minimum absolute atomic E-state index is 0.334. The molecule has 0 aliphatic rings. The predicted octanol–water partition coefficient (Wildman–Crippen LogP) is 3.03. The highest BCUT2D eigenvalue weighted by Crippen LogP contribution is 2.19. The van der Waals surface area contributed by atoms with Crippen molar-refractivity contribution in [3.05, 3.63) is 53.5 Å². The first-order valence-corrected chi connectivity index (χ1v) is 5.46. The molecule has 0 aliphatic carbocycles. The molecular formula is C12H12O2S. The molecule has 0 saturated carbocycles. The van der Waals surface area contributed by atoms with Crippen LogP contribution in [0.4, 0.5) is 0 Å². The Kier molecular flexibility index (Phi) is 4.71. The average Bonchev–Trinajstić information content (AvgIpc) is 2.25. The van der Waals surface area contributed by atoms with Crippen molar-refractivity contribution < 1.29 is 9.90 Å². The van der Waals surface area contributed by atoms with Crippen molar-refractivity contribution in [2.75, 3.05) is 5.75 Å². The second-order valence-corrected chi connectivity index (χ2v) is 3.89. The summed E-state index contributed by atoms with van der Waals surface area (Å²) < 4.78 is 0. The van der Waals surface area contributed by atoms with Crippen LogP contribution in [0.3, 0.4) is 0 Å². The van der Waals surface area contributed by atoms with Crippen LogP contribution < -0.4 is 0 Å². The summed E-state index contributed by atoms with van der Waals surface area (Å²) in [6, 6.07) is 9.40. The van der Waals surface area contributed by atoms with E-state index in [-0.39, 0.29) is 0 Å². The van der Waals surface area contributed by atoms with Gasteiger partial charge in [0.1, 0.15) is 0 Å². The lowest BCUT2D eigenvalue weighted by molar-refractivity contribution is -0.131. The fraction of sp³-hybridized carbons (Fsp3) is 0.0833.